The van der Waals surface area contributed by atoms with Crippen molar-refractivity contribution in [3.63, 3.8) is 0 Å². The number of aromatic nitrogens is 1. The highest BCUT2D eigenvalue weighted by molar-refractivity contribution is 7.80. The molecule has 5 heteroatoms. The van der Waals surface area contributed by atoms with Crippen LogP contribution in [0.1, 0.15) is 11.3 Å². The predicted octanol–water partition coefficient (Wildman–Crippen LogP) is 2.04. The van der Waals surface area contributed by atoms with Gasteiger partial charge < -0.3 is 15.6 Å². The Labute approximate surface area is 116 Å². The Morgan fingerprint density at radius 1 is 1.26 bits per heavy atom. The lowest BCUT2D eigenvalue weighted by Gasteiger charge is -2.10. The van der Waals surface area contributed by atoms with E-state index in [1.165, 1.54) is 0 Å². The van der Waals surface area contributed by atoms with Crippen LogP contribution in [0.3, 0.4) is 0 Å². The summed E-state index contributed by atoms with van der Waals surface area (Å²) >= 11 is 4.84. The molecule has 19 heavy (non-hydrogen) atoms. The standard InChI is InChI=1S/C14H14N2O2S/c15-14(19)12-6-5-11(9-16-12)18-13-4-2-1-3-10(13)7-8-17/h1-6,9,17H,7-8H2,(H2,15,19). The zero-order valence-electron chi connectivity index (χ0n) is 10.2. The Hall–Kier alpha value is -1.98. The van der Waals surface area contributed by atoms with Crippen LogP contribution in [0, 0.1) is 0 Å². The molecule has 0 bridgehead atoms. The highest BCUT2D eigenvalue weighted by Gasteiger charge is 2.05. The Morgan fingerprint density at radius 2 is 2.05 bits per heavy atom. The van der Waals surface area contributed by atoms with Crippen LogP contribution in [0.15, 0.2) is 42.6 Å². The lowest BCUT2D eigenvalue weighted by atomic mass is 10.1. The molecule has 2 rings (SSSR count). The van der Waals surface area contributed by atoms with Gasteiger partial charge in [0.15, 0.2) is 0 Å². The molecule has 1 aromatic heterocycles. The molecule has 0 aliphatic heterocycles. The number of nitrogens with zero attached hydrogens (tertiary/aromatic N) is 1. The molecule has 0 saturated carbocycles. The van der Waals surface area contributed by atoms with Crippen molar-refractivity contribution in [3.05, 3.63) is 53.9 Å². The first-order valence-corrected chi connectivity index (χ1v) is 6.24. The number of aliphatic hydroxyl groups is 1. The van der Waals surface area contributed by atoms with Gasteiger partial charge in [0.05, 0.1) is 11.9 Å². The van der Waals surface area contributed by atoms with Gasteiger partial charge >= 0.3 is 0 Å². The van der Waals surface area contributed by atoms with Gasteiger partial charge in [0.25, 0.3) is 0 Å². The second-order valence-electron chi connectivity index (χ2n) is 3.93. The molecule has 4 nitrogen and oxygen atoms in total. The first-order valence-electron chi connectivity index (χ1n) is 5.83. The summed E-state index contributed by atoms with van der Waals surface area (Å²) < 4.78 is 5.74. The fraction of sp³-hybridized carbons (Fsp3) is 0.143. The summed E-state index contributed by atoms with van der Waals surface area (Å²) in [6.07, 6.45) is 2.12. The van der Waals surface area contributed by atoms with Crippen molar-refractivity contribution < 1.29 is 9.84 Å². The lowest BCUT2D eigenvalue weighted by molar-refractivity contribution is 0.298. The number of benzene rings is 1. The van der Waals surface area contributed by atoms with Gasteiger partial charge in [-0.1, -0.05) is 30.4 Å². The summed E-state index contributed by atoms with van der Waals surface area (Å²) in [5, 5.41) is 9.01. The van der Waals surface area contributed by atoms with Gasteiger partial charge in [0.1, 0.15) is 16.5 Å². The van der Waals surface area contributed by atoms with E-state index >= 15 is 0 Å². The molecular weight excluding hydrogens is 260 g/mol. The van der Waals surface area contributed by atoms with Crippen LogP contribution in [-0.2, 0) is 6.42 Å². The quantitative estimate of drug-likeness (QED) is 0.817. The molecule has 0 unspecified atom stereocenters. The van der Waals surface area contributed by atoms with Gasteiger partial charge in [-0.3, -0.25) is 0 Å². The normalized spacial score (nSPS) is 10.2. The molecular formula is C14H14N2O2S. The molecule has 1 aromatic carbocycles. The Morgan fingerprint density at radius 3 is 2.68 bits per heavy atom. The zero-order valence-corrected chi connectivity index (χ0v) is 11.1. The van der Waals surface area contributed by atoms with E-state index in [-0.39, 0.29) is 11.6 Å². The van der Waals surface area contributed by atoms with Crippen molar-refractivity contribution in [1.82, 2.24) is 4.98 Å². The Balaban J connectivity index is 2.19. The average molecular weight is 274 g/mol. The molecule has 0 amide bonds. The van der Waals surface area contributed by atoms with Crippen molar-refractivity contribution in [2.24, 2.45) is 5.73 Å². The van der Waals surface area contributed by atoms with E-state index in [1.54, 1.807) is 18.3 Å². The van der Waals surface area contributed by atoms with Crippen LogP contribution in [0.2, 0.25) is 0 Å². The Kier molecular flexibility index (Phi) is 4.43. The van der Waals surface area contributed by atoms with Gasteiger partial charge in [-0.05, 0) is 30.2 Å². The van der Waals surface area contributed by atoms with Crippen LogP contribution in [0.5, 0.6) is 11.5 Å². The van der Waals surface area contributed by atoms with Crippen molar-refractivity contribution >= 4 is 17.2 Å². The summed E-state index contributed by atoms with van der Waals surface area (Å²) in [6.45, 7) is 0.0823. The number of nitrogens with two attached hydrogens (primary N) is 1. The smallest absolute Gasteiger partial charge is 0.145 e. The third-order valence-corrected chi connectivity index (χ3v) is 2.78. The lowest BCUT2D eigenvalue weighted by Crippen LogP contribution is -2.10. The monoisotopic (exact) mass is 274 g/mol. The van der Waals surface area contributed by atoms with E-state index in [9.17, 15) is 0 Å². The number of thiocarbonyl (C=S) groups is 1. The fourth-order valence-corrected chi connectivity index (χ4v) is 1.76. The maximum Gasteiger partial charge on any atom is 0.145 e. The van der Waals surface area contributed by atoms with E-state index in [4.69, 9.17) is 27.8 Å². The molecule has 0 aliphatic carbocycles. The van der Waals surface area contributed by atoms with Gasteiger partial charge in [-0.15, -0.1) is 0 Å². The minimum absolute atomic E-state index is 0.0823. The van der Waals surface area contributed by atoms with E-state index in [0.717, 1.165) is 5.56 Å². The zero-order chi connectivity index (χ0) is 13.7. The molecule has 0 saturated heterocycles. The molecule has 0 fully saturated rings. The summed E-state index contributed by atoms with van der Waals surface area (Å²) in [7, 11) is 0. The topological polar surface area (TPSA) is 68.4 Å². The van der Waals surface area contributed by atoms with Crippen molar-refractivity contribution in [1.29, 1.82) is 0 Å². The number of aliphatic hydroxyl groups excluding tert-OH is 1. The first-order chi connectivity index (χ1) is 9.20. The van der Waals surface area contributed by atoms with Gasteiger partial charge in [-0.2, -0.15) is 0 Å². The number of hydrogen-bond donors (Lipinski definition) is 2. The van der Waals surface area contributed by atoms with E-state index in [0.29, 0.717) is 23.6 Å². The second-order valence-corrected chi connectivity index (χ2v) is 4.37. The predicted molar refractivity (Wildman–Crippen MR) is 77.4 cm³/mol. The van der Waals surface area contributed by atoms with E-state index in [1.807, 2.05) is 24.3 Å². The third kappa shape index (κ3) is 3.49. The molecule has 98 valence electrons. The highest BCUT2D eigenvalue weighted by Crippen LogP contribution is 2.25. The molecule has 3 N–H and O–H groups in total. The van der Waals surface area contributed by atoms with Gasteiger partial charge in [0.2, 0.25) is 0 Å². The van der Waals surface area contributed by atoms with Gasteiger partial charge in [-0.25, -0.2) is 4.98 Å². The summed E-state index contributed by atoms with van der Waals surface area (Å²) in [5.74, 6) is 1.31. The number of para-hydroxylation sites is 1. The minimum atomic E-state index is 0.0823. The van der Waals surface area contributed by atoms with E-state index < -0.39 is 0 Å². The summed E-state index contributed by atoms with van der Waals surface area (Å²) in [5.41, 5.74) is 6.99. The largest absolute Gasteiger partial charge is 0.455 e. The fourth-order valence-electron chi connectivity index (χ4n) is 1.64. The third-order valence-electron chi connectivity index (χ3n) is 2.57. The Bertz CT molecular complexity index is 570. The molecule has 0 spiro atoms. The van der Waals surface area contributed by atoms with Gasteiger partial charge in [0, 0.05) is 6.61 Å². The van der Waals surface area contributed by atoms with Crippen molar-refractivity contribution in [2.75, 3.05) is 6.61 Å². The number of pyridine rings is 1. The van der Waals surface area contributed by atoms with Crippen LogP contribution < -0.4 is 10.5 Å². The summed E-state index contributed by atoms with van der Waals surface area (Å²) in [4.78, 5) is 4.37. The molecule has 2 aromatic rings. The van der Waals surface area contributed by atoms with Crippen LogP contribution in [0.4, 0.5) is 0 Å². The number of rotatable bonds is 5. The van der Waals surface area contributed by atoms with Crippen LogP contribution in [0.25, 0.3) is 0 Å². The van der Waals surface area contributed by atoms with Crippen LogP contribution >= 0.6 is 12.2 Å². The van der Waals surface area contributed by atoms with E-state index in [2.05, 4.69) is 4.98 Å². The van der Waals surface area contributed by atoms with Crippen LogP contribution in [-0.4, -0.2) is 21.7 Å². The average Bonchev–Trinajstić information content (AvgIpc) is 2.42. The number of ether oxygens (including phenoxy) is 1. The molecule has 1 heterocycles. The first kappa shape index (κ1) is 13.5. The maximum atomic E-state index is 9.01. The molecule has 0 radical (unpaired) electrons. The summed E-state index contributed by atoms with van der Waals surface area (Å²) in [6, 6.07) is 11.0. The second kappa shape index (κ2) is 6.26. The van der Waals surface area contributed by atoms with Crippen molar-refractivity contribution in [2.45, 2.75) is 6.42 Å². The maximum absolute atomic E-state index is 9.01. The SMILES string of the molecule is NC(=S)c1ccc(Oc2ccccc2CCO)cn1. The van der Waals surface area contributed by atoms with Crippen molar-refractivity contribution in [3.8, 4) is 11.5 Å². The minimum Gasteiger partial charge on any atom is -0.455 e. The molecule has 0 aliphatic rings. The number of hydrogen-bond acceptors (Lipinski definition) is 4. The highest BCUT2D eigenvalue weighted by atomic mass is 32.1. The molecule has 0 atom stereocenters.